The zero-order valence-electron chi connectivity index (χ0n) is 12.4. The molecule has 0 spiro atoms. The standard InChI is InChI=1S/C18H20FNO/c1-12-5-8-17-14(10-12)4-3-9-20(17)13(2)16-7-6-15(19)11-18(16)21/h5-8,10-11,13,21H,3-4,9H2,1-2H3. The van der Waals surface area contributed by atoms with Gasteiger partial charge in [-0.15, -0.1) is 0 Å². The fourth-order valence-electron chi connectivity index (χ4n) is 3.20. The van der Waals surface area contributed by atoms with Crippen LogP contribution in [-0.4, -0.2) is 11.7 Å². The van der Waals surface area contributed by atoms with Crippen LogP contribution in [0, 0.1) is 12.7 Å². The molecule has 1 heterocycles. The minimum absolute atomic E-state index is 0.0207. The van der Waals surface area contributed by atoms with Crippen LogP contribution in [0.15, 0.2) is 36.4 Å². The minimum atomic E-state index is -0.405. The number of fused-ring (bicyclic) bond motifs is 1. The van der Waals surface area contributed by atoms with Gasteiger partial charge in [0.05, 0.1) is 6.04 Å². The second-order valence-electron chi connectivity index (χ2n) is 5.81. The molecule has 1 atom stereocenters. The van der Waals surface area contributed by atoms with Crippen LogP contribution in [0.2, 0.25) is 0 Å². The van der Waals surface area contributed by atoms with Crippen molar-refractivity contribution in [3.8, 4) is 5.75 Å². The zero-order chi connectivity index (χ0) is 15.0. The molecule has 1 aliphatic heterocycles. The van der Waals surface area contributed by atoms with Gasteiger partial charge in [0.2, 0.25) is 0 Å². The molecular formula is C18H20FNO. The second-order valence-corrected chi connectivity index (χ2v) is 5.81. The summed E-state index contributed by atoms with van der Waals surface area (Å²) in [6.45, 7) is 5.12. The van der Waals surface area contributed by atoms with Crippen LogP contribution in [0.25, 0.3) is 0 Å². The van der Waals surface area contributed by atoms with E-state index in [4.69, 9.17) is 0 Å². The summed E-state index contributed by atoms with van der Waals surface area (Å²) in [7, 11) is 0. The van der Waals surface area contributed by atoms with Gasteiger partial charge in [0, 0.05) is 23.9 Å². The Balaban J connectivity index is 1.98. The van der Waals surface area contributed by atoms with Crippen molar-refractivity contribution in [1.29, 1.82) is 0 Å². The number of hydrogen-bond donors (Lipinski definition) is 1. The molecule has 0 bridgehead atoms. The van der Waals surface area contributed by atoms with E-state index in [0.29, 0.717) is 0 Å². The topological polar surface area (TPSA) is 23.5 Å². The first-order valence-corrected chi connectivity index (χ1v) is 7.41. The highest BCUT2D eigenvalue weighted by molar-refractivity contribution is 5.58. The number of hydrogen-bond acceptors (Lipinski definition) is 2. The highest BCUT2D eigenvalue weighted by atomic mass is 19.1. The molecular weight excluding hydrogens is 265 g/mol. The molecule has 0 radical (unpaired) electrons. The molecule has 0 amide bonds. The molecule has 0 aromatic heterocycles. The minimum Gasteiger partial charge on any atom is -0.507 e. The zero-order valence-corrected chi connectivity index (χ0v) is 12.4. The van der Waals surface area contributed by atoms with Crippen molar-refractivity contribution in [2.75, 3.05) is 11.4 Å². The van der Waals surface area contributed by atoms with Gasteiger partial charge in [-0.3, -0.25) is 0 Å². The monoisotopic (exact) mass is 285 g/mol. The number of aryl methyl sites for hydroxylation is 2. The van der Waals surface area contributed by atoms with Crippen molar-refractivity contribution in [2.45, 2.75) is 32.7 Å². The second kappa shape index (κ2) is 5.40. The Morgan fingerprint density at radius 2 is 2.00 bits per heavy atom. The van der Waals surface area contributed by atoms with E-state index in [2.05, 4.69) is 36.9 Å². The van der Waals surface area contributed by atoms with Gasteiger partial charge in [0.25, 0.3) is 0 Å². The third kappa shape index (κ3) is 2.60. The molecule has 1 N–H and O–H groups in total. The summed E-state index contributed by atoms with van der Waals surface area (Å²) in [6, 6.07) is 10.8. The number of anilines is 1. The summed E-state index contributed by atoms with van der Waals surface area (Å²) in [6.07, 6.45) is 2.19. The highest BCUT2D eigenvalue weighted by Crippen LogP contribution is 2.37. The summed E-state index contributed by atoms with van der Waals surface area (Å²) >= 11 is 0. The summed E-state index contributed by atoms with van der Waals surface area (Å²) in [5.41, 5.74) is 4.62. The van der Waals surface area contributed by atoms with E-state index in [-0.39, 0.29) is 11.8 Å². The predicted octanol–water partition coefficient (Wildman–Crippen LogP) is 4.35. The number of phenols is 1. The molecule has 21 heavy (non-hydrogen) atoms. The molecule has 110 valence electrons. The molecule has 1 unspecified atom stereocenters. The van der Waals surface area contributed by atoms with Gasteiger partial charge in [-0.1, -0.05) is 23.8 Å². The normalized spacial score (nSPS) is 15.7. The fraction of sp³-hybridized carbons (Fsp3) is 0.333. The maximum Gasteiger partial charge on any atom is 0.126 e. The lowest BCUT2D eigenvalue weighted by Gasteiger charge is -2.37. The average molecular weight is 285 g/mol. The largest absolute Gasteiger partial charge is 0.507 e. The Morgan fingerprint density at radius 1 is 1.19 bits per heavy atom. The van der Waals surface area contributed by atoms with Crippen LogP contribution < -0.4 is 4.90 Å². The fourth-order valence-corrected chi connectivity index (χ4v) is 3.20. The van der Waals surface area contributed by atoms with Crippen molar-refractivity contribution in [3.05, 3.63) is 58.9 Å². The summed E-state index contributed by atoms with van der Waals surface area (Å²) in [5, 5.41) is 10.0. The molecule has 2 aromatic rings. The van der Waals surface area contributed by atoms with Gasteiger partial charge in [-0.05, 0) is 44.4 Å². The predicted molar refractivity (Wildman–Crippen MR) is 83.3 cm³/mol. The molecule has 0 saturated heterocycles. The maximum atomic E-state index is 13.2. The van der Waals surface area contributed by atoms with Gasteiger partial charge in [-0.2, -0.15) is 0 Å². The first-order chi connectivity index (χ1) is 10.1. The molecule has 1 aliphatic rings. The molecule has 0 aliphatic carbocycles. The van der Waals surface area contributed by atoms with Gasteiger partial charge in [0.1, 0.15) is 11.6 Å². The van der Waals surface area contributed by atoms with Gasteiger partial charge in [0.15, 0.2) is 0 Å². The van der Waals surface area contributed by atoms with Crippen LogP contribution in [0.4, 0.5) is 10.1 Å². The smallest absolute Gasteiger partial charge is 0.126 e. The number of phenolic OH excluding ortho intramolecular Hbond substituents is 1. The first-order valence-electron chi connectivity index (χ1n) is 7.41. The molecule has 2 nitrogen and oxygen atoms in total. The number of nitrogens with zero attached hydrogens (tertiary/aromatic N) is 1. The summed E-state index contributed by atoms with van der Waals surface area (Å²) < 4.78 is 13.2. The SMILES string of the molecule is Cc1ccc2c(c1)CCCN2C(C)c1ccc(F)cc1O. The number of aromatic hydroxyl groups is 1. The van der Waals surface area contributed by atoms with E-state index in [9.17, 15) is 9.50 Å². The molecule has 0 fully saturated rings. The van der Waals surface area contributed by atoms with Crippen molar-refractivity contribution in [2.24, 2.45) is 0 Å². The van der Waals surface area contributed by atoms with Crippen LogP contribution in [-0.2, 0) is 6.42 Å². The van der Waals surface area contributed by atoms with Crippen molar-refractivity contribution >= 4 is 5.69 Å². The molecule has 3 heteroatoms. The van der Waals surface area contributed by atoms with E-state index in [1.807, 2.05) is 0 Å². The average Bonchev–Trinajstić information content (AvgIpc) is 2.45. The van der Waals surface area contributed by atoms with Crippen LogP contribution in [0.5, 0.6) is 5.75 Å². The summed E-state index contributed by atoms with van der Waals surface area (Å²) in [4.78, 5) is 2.30. The Morgan fingerprint density at radius 3 is 2.76 bits per heavy atom. The van der Waals surface area contributed by atoms with Crippen LogP contribution in [0.3, 0.4) is 0 Å². The lowest BCUT2D eigenvalue weighted by molar-refractivity contribution is 0.453. The van der Waals surface area contributed by atoms with E-state index in [0.717, 1.165) is 24.9 Å². The number of benzene rings is 2. The van der Waals surface area contributed by atoms with Crippen molar-refractivity contribution < 1.29 is 9.50 Å². The maximum absolute atomic E-state index is 13.2. The quantitative estimate of drug-likeness (QED) is 0.886. The van der Waals surface area contributed by atoms with Crippen LogP contribution >= 0.6 is 0 Å². The summed E-state index contributed by atoms with van der Waals surface area (Å²) in [5.74, 6) is -0.375. The Kier molecular flexibility index (Phi) is 3.58. The molecule has 2 aromatic carbocycles. The Labute approximate surface area is 124 Å². The Hall–Kier alpha value is -2.03. The lowest BCUT2D eigenvalue weighted by atomic mass is 9.96. The van der Waals surface area contributed by atoms with E-state index < -0.39 is 5.82 Å². The number of rotatable bonds is 2. The van der Waals surface area contributed by atoms with E-state index in [1.54, 1.807) is 6.07 Å². The number of halogens is 1. The van der Waals surface area contributed by atoms with Crippen molar-refractivity contribution in [3.63, 3.8) is 0 Å². The van der Waals surface area contributed by atoms with Crippen molar-refractivity contribution in [1.82, 2.24) is 0 Å². The first kappa shape index (κ1) is 13.9. The van der Waals surface area contributed by atoms with Gasteiger partial charge in [-0.25, -0.2) is 4.39 Å². The molecule has 0 saturated carbocycles. The van der Waals surface area contributed by atoms with Gasteiger partial charge >= 0.3 is 0 Å². The third-order valence-electron chi connectivity index (χ3n) is 4.30. The lowest BCUT2D eigenvalue weighted by Crippen LogP contribution is -2.32. The van der Waals surface area contributed by atoms with Crippen LogP contribution in [0.1, 0.15) is 36.1 Å². The van der Waals surface area contributed by atoms with E-state index >= 15 is 0 Å². The molecule has 3 rings (SSSR count). The Bertz CT molecular complexity index is 668. The van der Waals surface area contributed by atoms with E-state index in [1.165, 1.54) is 28.9 Å². The third-order valence-corrected chi connectivity index (χ3v) is 4.30. The van der Waals surface area contributed by atoms with Gasteiger partial charge < -0.3 is 10.0 Å². The highest BCUT2D eigenvalue weighted by Gasteiger charge is 2.24.